The molecule has 6 nitrogen and oxygen atoms in total. The van der Waals surface area contributed by atoms with Crippen LogP contribution in [-0.4, -0.2) is 35.4 Å². The fraction of sp³-hybridized carbons (Fsp3) is 0.769. The molecule has 0 spiro atoms. The zero-order chi connectivity index (χ0) is 16.2. The average molecular weight is 319 g/mol. The van der Waals surface area contributed by atoms with Crippen molar-refractivity contribution in [3.8, 4) is 0 Å². The lowest BCUT2D eigenvalue weighted by Crippen LogP contribution is -2.46. The third-order valence-electron chi connectivity index (χ3n) is 3.69. The van der Waals surface area contributed by atoms with Crippen LogP contribution in [0.15, 0.2) is 9.52 Å². The zero-order valence-electron chi connectivity index (χ0n) is 12.6. The van der Waals surface area contributed by atoms with Crippen LogP contribution < -0.4 is 10.6 Å². The molecule has 1 aliphatic carbocycles. The maximum absolute atomic E-state index is 12.8. The van der Waals surface area contributed by atoms with E-state index in [9.17, 15) is 13.2 Å². The fourth-order valence-electron chi connectivity index (χ4n) is 2.58. The quantitative estimate of drug-likeness (QED) is 0.660. The number of hydrogen-bond acceptors (Lipinski definition) is 4. The third-order valence-corrected chi connectivity index (χ3v) is 3.69. The molecule has 1 aromatic heterocycles. The van der Waals surface area contributed by atoms with Crippen molar-refractivity contribution in [3.05, 3.63) is 11.7 Å². The third kappa shape index (κ3) is 4.60. The molecule has 0 saturated heterocycles. The Morgan fingerprint density at radius 2 is 2.18 bits per heavy atom. The summed E-state index contributed by atoms with van der Waals surface area (Å²) < 4.78 is 43.3. The lowest BCUT2D eigenvalue weighted by Gasteiger charge is -2.31. The average Bonchev–Trinajstić information content (AvgIpc) is 2.88. The molecular formula is C13H20F3N5O. The van der Waals surface area contributed by atoms with E-state index in [1.165, 1.54) is 0 Å². The summed E-state index contributed by atoms with van der Waals surface area (Å²) in [5, 5.41) is 9.74. The van der Waals surface area contributed by atoms with Crippen LogP contribution in [0.5, 0.6) is 0 Å². The van der Waals surface area contributed by atoms with E-state index >= 15 is 0 Å². The largest absolute Gasteiger partial charge is 0.391 e. The fourth-order valence-corrected chi connectivity index (χ4v) is 2.58. The van der Waals surface area contributed by atoms with E-state index in [2.05, 4.69) is 25.8 Å². The summed E-state index contributed by atoms with van der Waals surface area (Å²) in [5.41, 5.74) is 0. The van der Waals surface area contributed by atoms with Crippen molar-refractivity contribution in [2.24, 2.45) is 10.9 Å². The van der Waals surface area contributed by atoms with Crippen molar-refractivity contribution in [3.63, 3.8) is 0 Å². The highest BCUT2D eigenvalue weighted by Crippen LogP contribution is 2.37. The van der Waals surface area contributed by atoms with Crippen LogP contribution >= 0.6 is 0 Å². The number of rotatable bonds is 3. The maximum atomic E-state index is 12.8. The smallest absolute Gasteiger partial charge is 0.354 e. The predicted octanol–water partition coefficient (Wildman–Crippen LogP) is 2.16. The van der Waals surface area contributed by atoms with Crippen LogP contribution in [0.3, 0.4) is 0 Å². The number of aromatic nitrogens is 2. The van der Waals surface area contributed by atoms with Gasteiger partial charge < -0.3 is 15.2 Å². The lowest BCUT2D eigenvalue weighted by molar-refractivity contribution is -0.183. The van der Waals surface area contributed by atoms with Gasteiger partial charge in [0.2, 0.25) is 5.89 Å². The van der Waals surface area contributed by atoms with Crippen molar-refractivity contribution in [1.29, 1.82) is 0 Å². The van der Waals surface area contributed by atoms with E-state index in [0.29, 0.717) is 37.1 Å². The van der Waals surface area contributed by atoms with Crippen molar-refractivity contribution in [1.82, 2.24) is 20.8 Å². The molecule has 1 aromatic rings. The number of aryl methyl sites for hydroxylation is 1. The Bertz CT molecular complexity index is 514. The first kappa shape index (κ1) is 16.6. The lowest BCUT2D eigenvalue weighted by atomic mass is 9.85. The first-order chi connectivity index (χ1) is 10.4. The summed E-state index contributed by atoms with van der Waals surface area (Å²) in [6, 6.07) is -0.237. The topological polar surface area (TPSA) is 75.3 Å². The van der Waals surface area contributed by atoms with E-state index in [1.807, 2.05) is 0 Å². The summed E-state index contributed by atoms with van der Waals surface area (Å²) in [7, 11) is 1.57. The Morgan fingerprint density at radius 3 is 2.77 bits per heavy atom. The van der Waals surface area contributed by atoms with Gasteiger partial charge in [0, 0.05) is 20.0 Å². The van der Waals surface area contributed by atoms with Crippen LogP contribution in [0.25, 0.3) is 0 Å². The highest BCUT2D eigenvalue weighted by molar-refractivity contribution is 5.79. The minimum atomic E-state index is -4.13. The molecule has 1 fully saturated rings. The second-order valence-electron chi connectivity index (χ2n) is 5.40. The standard InChI is InChI=1S/C13H20F3N5O/c1-8-19-11(21-22-8)7-18-12(17-2)20-10-5-3-4-9(6-10)13(14,15)16/h9-10H,3-7H2,1-2H3,(H2,17,18,20). The molecule has 0 amide bonds. The molecule has 9 heteroatoms. The second kappa shape index (κ2) is 6.97. The van der Waals surface area contributed by atoms with Crippen molar-refractivity contribution in [2.75, 3.05) is 7.05 Å². The Kier molecular flexibility index (Phi) is 5.25. The van der Waals surface area contributed by atoms with Gasteiger partial charge in [-0.05, 0) is 19.3 Å². The first-order valence-electron chi connectivity index (χ1n) is 7.21. The Balaban J connectivity index is 1.84. The van der Waals surface area contributed by atoms with Gasteiger partial charge in [-0.1, -0.05) is 11.6 Å². The van der Waals surface area contributed by atoms with Crippen molar-refractivity contribution < 1.29 is 17.7 Å². The van der Waals surface area contributed by atoms with Gasteiger partial charge in [0.25, 0.3) is 0 Å². The summed E-state index contributed by atoms with van der Waals surface area (Å²) in [4.78, 5) is 8.05. The van der Waals surface area contributed by atoms with Gasteiger partial charge in [-0.2, -0.15) is 18.2 Å². The summed E-state index contributed by atoms with van der Waals surface area (Å²) in [5.74, 6) is 0.129. The highest BCUT2D eigenvalue weighted by atomic mass is 19.4. The van der Waals surface area contributed by atoms with Crippen LogP contribution in [0.4, 0.5) is 13.2 Å². The van der Waals surface area contributed by atoms with E-state index in [-0.39, 0.29) is 18.9 Å². The SMILES string of the molecule is CN=C(NCc1noc(C)n1)NC1CCCC(C(F)(F)F)C1. The minimum Gasteiger partial charge on any atom is -0.354 e. The maximum Gasteiger partial charge on any atom is 0.391 e. The van der Waals surface area contributed by atoms with Crippen LogP contribution in [0.1, 0.15) is 37.4 Å². The Hall–Kier alpha value is -1.80. The van der Waals surface area contributed by atoms with Crippen LogP contribution in [0.2, 0.25) is 0 Å². The van der Waals surface area contributed by atoms with Crippen molar-refractivity contribution >= 4 is 5.96 Å². The first-order valence-corrected chi connectivity index (χ1v) is 7.21. The highest BCUT2D eigenvalue weighted by Gasteiger charge is 2.42. The van der Waals surface area contributed by atoms with Gasteiger partial charge in [0.15, 0.2) is 11.8 Å². The molecule has 22 heavy (non-hydrogen) atoms. The Morgan fingerprint density at radius 1 is 1.41 bits per heavy atom. The van der Waals surface area contributed by atoms with Gasteiger partial charge in [-0.15, -0.1) is 0 Å². The van der Waals surface area contributed by atoms with Gasteiger partial charge in [-0.3, -0.25) is 4.99 Å². The van der Waals surface area contributed by atoms with E-state index in [1.54, 1.807) is 14.0 Å². The van der Waals surface area contributed by atoms with Crippen LogP contribution in [0, 0.1) is 12.8 Å². The summed E-state index contributed by atoms with van der Waals surface area (Å²) in [6.45, 7) is 1.98. The van der Waals surface area contributed by atoms with E-state index in [4.69, 9.17) is 4.52 Å². The minimum absolute atomic E-state index is 0.0749. The van der Waals surface area contributed by atoms with E-state index < -0.39 is 12.1 Å². The molecule has 0 bridgehead atoms. The normalized spacial score (nSPS) is 23.4. The number of nitrogens with one attached hydrogen (secondary N) is 2. The zero-order valence-corrected chi connectivity index (χ0v) is 12.6. The molecule has 2 unspecified atom stereocenters. The number of aliphatic imine (C=N–C) groups is 1. The number of hydrogen-bond donors (Lipinski definition) is 2. The molecule has 1 saturated carbocycles. The molecule has 1 heterocycles. The van der Waals surface area contributed by atoms with Gasteiger partial charge in [0.05, 0.1) is 12.5 Å². The predicted molar refractivity (Wildman–Crippen MR) is 74.2 cm³/mol. The number of guanidine groups is 1. The molecule has 0 radical (unpaired) electrons. The number of alkyl halides is 3. The number of nitrogens with zero attached hydrogens (tertiary/aromatic N) is 3. The van der Waals surface area contributed by atoms with E-state index in [0.717, 1.165) is 0 Å². The molecule has 2 atom stereocenters. The van der Waals surface area contributed by atoms with Gasteiger partial charge in [-0.25, -0.2) is 0 Å². The molecule has 2 rings (SSSR count). The monoisotopic (exact) mass is 319 g/mol. The summed E-state index contributed by atoms with van der Waals surface area (Å²) >= 11 is 0. The molecule has 0 aromatic carbocycles. The molecule has 2 N–H and O–H groups in total. The Labute approximate surface area is 126 Å². The molecular weight excluding hydrogens is 299 g/mol. The molecule has 0 aliphatic heterocycles. The van der Waals surface area contributed by atoms with Crippen molar-refractivity contribution in [2.45, 2.75) is 51.4 Å². The number of halogens is 3. The molecule has 1 aliphatic rings. The van der Waals surface area contributed by atoms with Gasteiger partial charge in [0.1, 0.15) is 0 Å². The summed E-state index contributed by atoms with van der Waals surface area (Å²) in [6.07, 6.45) is -2.59. The second-order valence-corrected chi connectivity index (χ2v) is 5.40. The van der Waals surface area contributed by atoms with Crippen LogP contribution in [-0.2, 0) is 6.54 Å². The van der Waals surface area contributed by atoms with Gasteiger partial charge >= 0.3 is 6.18 Å². The molecule has 124 valence electrons.